The highest BCUT2D eigenvalue weighted by molar-refractivity contribution is 7.89. The number of unbranched alkanes of at least 4 members (excludes halogenated alkanes) is 1. The third-order valence-electron chi connectivity index (χ3n) is 2.91. The SMILES string of the molecule is CCCCNC(=O)CNS(=O)(=O)c1cc(C)ccc1C. The number of amides is 1. The summed E-state index contributed by atoms with van der Waals surface area (Å²) >= 11 is 0. The molecule has 2 N–H and O–H groups in total. The summed E-state index contributed by atoms with van der Waals surface area (Å²) in [4.78, 5) is 11.7. The van der Waals surface area contributed by atoms with Gasteiger partial charge in [-0.2, -0.15) is 0 Å². The molecule has 1 aromatic carbocycles. The number of aryl methyl sites for hydroxylation is 2. The molecule has 0 saturated heterocycles. The van der Waals surface area contributed by atoms with Crippen LogP contribution in [0.1, 0.15) is 30.9 Å². The van der Waals surface area contributed by atoms with Crippen LogP contribution in [0.3, 0.4) is 0 Å². The van der Waals surface area contributed by atoms with Crippen molar-refractivity contribution in [2.45, 2.75) is 38.5 Å². The lowest BCUT2D eigenvalue weighted by Gasteiger charge is -2.10. The monoisotopic (exact) mass is 298 g/mol. The lowest BCUT2D eigenvalue weighted by molar-refractivity contribution is -0.119. The Hall–Kier alpha value is -1.40. The molecular weight excluding hydrogens is 276 g/mol. The molecule has 0 fully saturated rings. The number of hydrogen-bond acceptors (Lipinski definition) is 3. The number of nitrogens with one attached hydrogen (secondary N) is 2. The Morgan fingerprint density at radius 2 is 1.95 bits per heavy atom. The second kappa shape index (κ2) is 7.40. The van der Waals surface area contributed by atoms with Crippen LogP contribution in [0.4, 0.5) is 0 Å². The maximum atomic E-state index is 12.1. The van der Waals surface area contributed by atoms with Crippen LogP contribution in [0.5, 0.6) is 0 Å². The molecule has 0 heterocycles. The predicted molar refractivity (Wildman–Crippen MR) is 79.0 cm³/mol. The van der Waals surface area contributed by atoms with E-state index in [1.807, 2.05) is 19.9 Å². The van der Waals surface area contributed by atoms with Crippen molar-refractivity contribution in [1.29, 1.82) is 0 Å². The van der Waals surface area contributed by atoms with Crippen molar-refractivity contribution in [3.63, 3.8) is 0 Å². The summed E-state index contributed by atoms with van der Waals surface area (Å²) in [6, 6.07) is 5.21. The minimum Gasteiger partial charge on any atom is -0.355 e. The van der Waals surface area contributed by atoms with Gasteiger partial charge in [-0.25, -0.2) is 13.1 Å². The minimum atomic E-state index is -3.65. The average Bonchev–Trinajstić information content (AvgIpc) is 2.39. The molecule has 1 aromatic rings. The van der Waals surface area contributed by atoms with E-state index in [1.165, 1.54) is 0 Å². The lowest BCUT2D eigenvalue weighted by Crippen LogP contribution is -2.37. The third-order valence-corrected chi connectivity index (χ3v) is 4.45. The summed E-state index contributed by atoms with van der Waals surface area (Å²) in [5.74, 6) is -0.313. The normalized spacial score (nSPS) is 11.3. The summed E-state index contributed by atoms with van der Waals surface area (Å²) in [7, 11) is -3.65. The first kappa shape index (κ1) is 16.7. The van der Waals surface area contributed by atoms with Gasteiger partial charge < -0.3 is 5.32 Å². The van der Waals surface area contributed by atoms with Gasteiger partial charge in [0.1, 0.15) is 0 Å². The van der Waals surface area contributed by atoms with Crippen molar-refractivity contribution in [2.75, 3.05) is 13.1 Å². The van der Waals surface area contributed by atoms with E-state index in [0.717, 1.165) is 18.4 Å². The number of hydrogen-bond donors (Lipinski definition) is 2. The number of carbonyl (C=O) groups is 1. The summed E-state index contributed by atoms with van der Waals surface area (Å²) in [5, 5.41) is 2.67. The van der Waals surface area contributed by atoms with Crippen LogP contribution in [-0.2, 0) is 14.8 Å². The number of carbonyl (C=O) groups excluding carboxylic acids is 1. The van der Waals surface area contributed by atoms with Crippen molar-refractivity contribution in [3.05, 3.63) is 29.3 Å². The molecule has 0 bridgehead atoms. The van der Waals surface area contributed by atoms with Crippen LogP contribution in [0.25, 0.3) is 0 Å². The Morgan fingerprint density at radius 3 is 2.60 bits per heavy atom. The van der Waals surface area contributed by atoms with E-state index in [9.17, 15) is 13.2 Å². The molecule has 0 atom stereocenters. The fourth-order valence-corrected chi connectivity index (χ4v) is 3.01. The van der Waals surface area contributed by atoms with Gasteiger partial charge in [0.25, 0.3) is 0 Å². The Labute approximate surface area is 120 Å². The first-order valence-electron chi connectivity index (χ1n) is 6.70. The van der Waals surface area contributed by atoms with Crippen LogP contribution < -0.4 is 10.0 Å². The van der Waals surface area contributed by atoms with Gasteiger partial charge in [0.05, 0.1) is 11.4 Å². The molecule has 0 aliphatic rings. The molecule has 0 unspecified atom stereocenters. The Bertz CT molecular complexity index is 568. The van der Waals surface area contributed by atoms with Gasteiger partial charge >= 0.3 is 0 Å². The predicted octanol–water partition coefficient (Wildman–Crippen LogP) is 1.50. The first-order valence-corrected chi connectivity index (χ1v) is 8.18. The van der Waals surface area contributed by atoms with E-state index in [1.54, 1.807) is 19.1 Å². The highest BCUT2D eigenvalue weighted by Crippen LogP contribution is 2.16. The quantitative estimate of drug-likeness (QED) is 0.749. The maximum absolute atomic E-state index is 12.1. The zero-order chi connectivity index (χ0) is 15.2. The second-order valence-electron chi connectivity index (χ2n) is 4.80. The second-order valence-corrected chi connectivity index (χ2v) is 6.53. The fourth-order valence-electron chi connectivity index (χ4n) is 1.70. The average molecular weight is 298 g/mol. The molecular formula is C14H22N2O3S. The van der Waals surface area contributed by atoms with Gasteiger partial charge in [-0.05, 0) is 37.5 Å². The van der Waals surface area contributed by atoms with E-state index >= 15 is 0 Å². The molecule has 0 radical (unpaired) electrons. The summed E-state index contributed by atoms with van der Waals surface area (Å²) < 4.78 is 26.6. The summed E-state index contributed by atoms with van der Waals surface area (Å²) in [6.45, 7) is 5.92. The summed E-state index contributed by atoms with van der Waals surface area (Å²) in [6.07, 6.45) is 1.87. The van der Waals surface area contributed by atoms with Crippen molar-refractivity contribution in [1.82, 2.24) is 10.0 Å². The first-order chi connectivity index (χ1) is 9.36. The molecule has 0 spiro atoms. The van der Waals surface area contributed by atoms with Gasteiger partial charge in [0.2, 0.25) is 15.9 Å². The standard InChI is InChI=1S/C14H22N2O3S/c1-4-5-8-15-14(17)10-16-20(18,19)13-9-11(2)6-7-12(13)3/h6-7,9,16H,4-5,8,10H2,1-3H3,(H,15,17). The molecule has 1 rings (SSSR count). The minimum absolute atomic E-state index is 0.221. The lowest BCUT2D eigenvalue weighted by atomic mass is 10.2. The van der Waals surface area contributed by atoms with Gasteiger partial charge in [0, 0.05) is 6.54 Å². The van der Waals surface area contributed by atoms with E-state index in [2.05, 4.69) is 10.0 Å². The van der Waals surface area contributed by atoms with Gasteiger partial charge in [-0.15, -0.1) is 0 Å². The molecule has 0 aliphatic heterocycles. The van der Waals surface area contributed by atoms with E-state index in [-0.39, 0.29) is 17.3 Å². The van der Waals surface area contributed by atoms with Gasteiger partial charge in [-0.3, -0.25) is 4.79 Å². The van der Waals surface area contributed by atoms with E-state index < -0.39 is 10.0 Å². The van der Waals surface area contributed by atoms with Gasteiger partial charge in [0.15, 0.2) is 0 Å². The number of rotatable bonds is 7. The Balaban J connectivity index is 2.66. The van der Waals surface area contributed by atoms with Crippen molar-refractivity contribution in [2.24, 2.45) is 0 Å². The van der Waals surface area contributed by atoms with Crippen LogP contribution in [0.2, 0.25) is 0 Å². The molecule has 1 amide bonds. The highest BCUT2D eigenvalue weighted by Gasteiger charge is 2.17. The zero-order valence-electron chi connectivity index (χ0n) is 12.2. The topological polar surface area (TPSA) is 75.3 Å². The van der Waals surface area contributed by atoms with Crippen molar-refractivity contribution >= 4 is 15.9 Å². The molecule has 0 saturated carbocycles. The summed E-state index contributed by atoms with van der Waals surface area (Å²) in [5.41, 5.74) is 1.53. The van der Waals surface area contributed by atoms with Crippen LogP contribution in [0, 0.1) is 13.8 Å². The van der Waals surface area contributed by atoms with Crippen LogP contribution >= 0.6 is 0 Å². The maximum Gasteiger partial charge on any atom is 0.241 e. The van der Waals surface area contributed by atoms with Crippen LogP contribution in [-0.4, -0.2) is 27.4 Å². The Kier molecular flexibility index (Phi) is 6.16. The zero-order valence-corrected chi connectivity index (χ0v) is 13.0. The molecule has 112 valence electrons. The third kappa shape index (κ3) is 4.94. The Morgan fingerprint density at radius 1 is 1.25 bits per heavy atom. The molecule has 20 heavy (non-hydrogen) atoms. The number of benzene rings is 1. The number of sulfonamides is 1. The fraction of sp³-hybridized carbons (Fsp3) is 0.500. The molecule has 0 aliphatic carbocycles. The molecule has 0 aromatic heterocycles. The largest absolute Gasteiger partial charge is 0.355 e. The van der Waals surface area contributed by atoms with E-state index in [4.69, 9.17) is 0 Å². The van der Waals surface area contributed by atoms with Gasteiger partial charge in [-0.1, -0.05) is 25.5 Å². The molecule has 6 heteroatoms. The van der Waals surface area contributed by atoms with Crippen molar-refractivity contribution in [3.8, 4) is 0 Å². The van der Waals surface area contributed by atoms with Crippen molar-refractivity contribution < 1.29 is 13.2 Å². The smallest absolute Gasteiger partial charge is 0.241 e. The molecule has 5 nitrogen and oxygen atoms in total. The van der Waals surface area contributed by atoms with Crippen LogP contribution in [0.15, 0.2) is 23.1 Å². The van der Waals surface area contributed by atoms with E-state index in [0.29, 0.717) is 12.1 Å². The highest BCUT2D eigenvalue weighted by atomic mass is 32.2.